The molecule has 0 amide bonds. The van der Waals surface area contributed by atoms with Gasteiger partial charge in [-0.05, 0) is 79.8 Å². The van der Waals surface area contributed by atoms with Crippen LogP contribution in [0.3, 0.4) is 0 Å². The summed E-state index contributed by atoms with van der Waals surface area (Å²) in [4.78, 5) is 12.3. The number of carbonyl (C=O) groups excluding carboxylic acids is 1. The minimum atomic E-state index is -0.288. The van der Waals surface area contributed by atoms with Crippen molar-refractivity contribution in [2.75, 3.05) is 0 Å². The number of rotatable bonds is 7. The summed E-state index contributed by atoms with van der Waals surface area (Å²) in [5.41, 5.74) is 3.91. The van der Waals surface area contributed by atoms with Crippen LogP contribution >= 0.6 is 0 Å². The van der Waals surface area contributed by atoms with Crippen LogP contribution in [-0.4, -0.2) is 12.1 Å². The number of esters is 1. The lowest BCUT2D eigenvalue weighted by Crippen LogP contribution is -2.24. The van der Waals surface area contributed by atoms with Crippen molar-refractivity contribution in [2.45, 2.75) is 70.3 Å². The molecule has 1 saturated carbocycles. The van der Waals surface area contributed by atoms with E-state index in [1.807, 2.05) is 0 Å². The molecule has 2 aromatic rings. The SMILES string of the molecule is CCCCCc1ccc(C2CCC(OC(=O)c3ccc(C#N)cc3)CC2)cc1. The first kappa shape index (κ1) is 20.1. The van der Waals surface area contributed by atoms with Crippen LogP contribution in [0.1, 0.15) is 84.8 Å². The Morgan fingerprint density at radius 1 is 1.00 bits per heavy atom. The Labute approximate surface area is 168 Å². The van der Waals surface area contributed by atoms with Gasteiger partial charge < -0.3 is 4.74 Å². The van der Waals surface area contributed by atoms with Crippen LogP contribution in [0.15, 0.2) is 48.5 Å². The Bertz CT molecular complexity index is 794. The highest BCUT2D eigenvalue weighted by Crippen LogP contribution is 2.34. The summed E-state index contributed by atoms with van der Waals surface area (Å²) < 4.78 is 5.69. The molecule has 28 heavy (non-hydrogen) atoms. The molecule has 1 aliphatic carbocycles. The van der Waals surface area contributed by atoms with Gasteiger partial charge in [-0.25, -0.2) is 4.79 Å². The molecule has 1 aliphatic rings. The van der Waals surface area contributed by atoms with Crippen molar-refractivity contribution in [2.24, 2.45) is 0 Å². The van der Waals surface area contributed by atoms with Crippen molar-refractivity contribution < 1.29 is 9.53 Å². The molecule has 0 heterocycles. The Balaban J connectivity index is 1.47. The highest BCUT2D eigenvalue weighted by atomic mass is 16.5. The van der Waals surface area contributed by atoms with Gasteiger partial charge in [-0.3, -0.25) is 0 Å². The molecule has 0 N–H and O–H groups in total. The highest BCUT2D eigenvalue weighted by Gasteiger charge is 2.25. The molecular formula is C25H29NO2. The number of ether oxygens (including phenoxy) is 1. The standard InChI is InChI=1S/C25H29NO2/c1-2-3-4-5-19-6-10-21(11-7-19)22-14-16-24(17-15-22)28-25(27)23-12-8-20(18-26)9-13-23/h6-13,22,24H,2-5,14-17H2,1H3. The Morgan fingerprint density at radius 2 is 1.68 bits per heavy atom. The van der Waals surface area contributed by atoms with E-state index in [2.05, 4.69) is 37.3 Å². The fraction of sp³-hybridized carbons (Fsp3) is 0.440. The zero-order valence-corrected chi connectivity index (χ0v) is 16.7. The second kappa shape index (κ2) is 10.1. The quantitative estimate of drug-likeness (QED) is 0.429. The van der Waals surface area contributed by atoms with Gasteiger partial charge in [0.15, 0.2) is 0 Å². The summed E-state index contributed by atoms with van der Waals surface area (Å²) in [6, 6.07) is 17.8. The van der Waals surface area contributed by atoms with E-state index in [0.29, 0.717) is 17.0 Å². The van der Waals surface area contributed by atoms with Crippen LogP contribution in [0, 0.1) is 11.3 Å². The van der Waals surface area contributed by atoms with Gasteiger partial charge in [-0.15, -0.1) is 0 Å². The number of unbranched alkanes of at least 4 members (excludes halogenated alkanes) is 2. The van der Waals surface area contributed by atoms with Gasteiger partial charge in [0.1, 0.15) is 6.10 Å². The lowest BCUT2D eigenvalue weighted by Gasteiger charge is -2.28. The average Bonchev–Trinajstić information content (AvgIpc) is 2.75. The second-order valence-electron chi connectivity index (χ2n) is 7.77. The molecule has 0 atom stereocenters. The first-order valence-electron chi connectivity index (χ1n) is 10.5. The van der Waals surface area contributed by atoms with Gasteiger partial charge in [0.05, 0.1) is 17.2 Å². The van der Waals surface area contributed by atoms with Crippen LogP contribution in [0.4, 0.5) is 0 Å². The predicted octanol–water partition coefficient (Wildman–Crippen LogP) is 6.17. The van der Waals surface area contributed by atoms with Crippen LogP contribution in [-0.2, 0) is 11.2 Å². The van der Waals surface area contributed by atoms with Gasteiger partial charge in [0, 0.05) is 0 Å². The maximum absolute atomic E-state index is 12.3. The van der Waals surface area contributed by atoms with E-state index in [9.17, 15) is 4.79 Å². The van der Waals surface area contributed by atoms with Crippen molar-refractivity contribution in [3.8, 4) is 6.07 Å². The third-order valence-electron chi connectivity index (χ3n) is 5.72. The van der Waals surface area contributed by atoms with Crippen molar-refractivity contribution in [3.63, 3.8) is 0 Å². The molecule has 3 nitrogen and oxygen atoms in total. The molecule has 1 fully saturated rings. The van der Waals surface area contributed by atoms with E-state index < -0.39 is 0 Å². The first-order chi connectivity index (χ1) is 13.7. The summed E-state index contributed by atoms with van der Waals surface area (Å²) in [6.07, 6.45) is 8.92. The van der Waals surface area contributed by atoms with E-state index in [-0.39, 0.29) is 12.1 Å². The van der Waals surface area contributed by atoms with Gasteiger partial charge in [0.2, 0.25) is 0 Å². The summed E-state index contributed by atoms with van der Waals surface area (Å²) in [6.45, 7) is 2.24. The number of hydrogen-bond donors (Lipinski definition) is 0. The lowest BCUT2D eigenvalue weighted by molar-refractivity contribution is 0.0195. The van der Waals surface area contributed by atoms with E-state index in [1.54, 1.807) is 24.3 Å². The van der Waals surface area contributed by atoms with Crippen LogP contribution in [0.25, 0.3) is 0 Å². The van der Waals surface area contributed by atoms with Crippen LogP contribution in [0.2, 0.25) is 0 Å². The maximum atomic E-state index is 12.3. The fourth-order valence-corrected chi connectivity index (χ4v) is 3.95. The van der Waals surface area contributed by atoms with Crippen LogP contribution in [0.5, 0.6) is 0 Å². The largest absolute Gasteiger partial charge is 0.459 e. The Kier molecular flexibility index (Phi) is 7.25. The zero-order chi connectivity index (χ0) is 19.8. The molecule has 146 valence electrons. The molecule has 3 rings (SSSR count). The number of aryl methyl sites for hydroxylation is 1. The molecule has 0 aliphatic heterocycles. The van der Waals surface area contributed by atoms with Gasteiger partial charge in [-0.1, -0.05) is 44.0 Å². The minimum Gasteiger partial charge on any atom is -0.459 e. The number of nitrogens with zero attached hydrogens (tertiary/aromatic N) is 1. The Morgan fingerprint density at radius 3 is 2.29 bits per heavy atom. The van der Waals surface area contributed by atoms with E-state index in [4.69, 9.17) is 10.00 Å². The summed E-state index contributed by atoms with van der Waals surface area (Å²) in [5, 5.41) is 8.84. The summed E-state index contributed by atoms with van der Waals surface area (Å²) >= 11 is 0. The van der Waals surface area contributed by atoms with E-state index in [1.165, 1.54) is 36.8 Å². The molecule has 3 heteroatoms. The predicted molar refractivity (Wildman–Crippen MR) is 111 cm³/mol. The maximum Gasteiger partial charge on any atom is 0.338 e. The van der Waals surface area contributed by atoms with Crippen molar-refractivity contribution in [1.82, 2.24) is 0 Å². The normalized spacial score (nSPS) is 19.0. The second-order valence-corrected chi connectivity index (χ2v) is 7.77. The van der Waals surface area contributed by atoms with Crippen molar-refractivity contribution in [1.29, 1.82) is 5.26 Å². The topological polar surface area (TPSA) is 50.1 Å². The minimum absolute atomic E-state index is 0.00675. The van der Waals surface area contributed by atoms with Crippen molar-refractivity contribution >= 4 is 5.97 Å². The van der Waals surface area contributed by atoms with Crippen LogP contribution < -0.4 is 0 Å². The molecule has 2 aromatic carbocycles. The summed E-state index contributed by atoms with van der Waals surface area (Å²) in [5.74, 6) is 0.277. The van der Waals surface area contributed by atoms with E-state index >= 15 is 0 Å². The molecular weight excluding hydrogens is 346 g/mol. The molecule has 0 aromatic heterocycles. The van der Waals surface area contributed by atoms with Gasteiger partial charge in [-0.2, -0.15) is 5.26 Å². The monoisotopic (exact) mass is 375 g/mol. The molecule has 0 unspecified atom stereocenters. The lowest BCUT2D eigenvalue weighted by atomic mass is 9.82. The smallest absolute Gasteiger partial charge is 0.338 e. The zero-order valence-electron chi connectivity index (χ0n) is 16.7. The third kappa shape index (κ3) is 5.45. The molecule has 0 bridgehead atoms. The first-order valence-corrected chi connectivity index (χ1v) is 10.5. The highest BCUT2D eigenvalue weighted by molar-refractivity contribution is 5.89. The number of hydrogen-bond acceptors (Lipinski definition) is 3. The third-order valence-corrected chi connectivity index (χ3v) is 5.72. The molecule has 0 spiro atoms. The number of carbonyl (C=O) groups is 1. The average molecular weight is 376 g/mol. The van der Waals surface area contributed by atoms with Gasteiger partial charge >= 0.3 is 5.97 Å². The van der Waals surface area contributed by atoms with Gasteiger partial charge in [0.25, 0.3) is 0 Å². The van der Waals surface area contributed by atoms with Crippen molar-refractivity contribution in [3.05, 3.63) is 70.8 Å². The number of nitriles is 1. The molecule has 0 saturated heterocycles. The molecule has 0 radical (unpaired) electrons. The Hall–Kier alpha value is -2.60. The number of benzene rings is 2. The summed E-state index contributed by atoms with van der Waals surface area (Å²) in [7, 11) is 0. The fourth-order valence-electron chi connectivity index (χ4n) is 3.95. The van der Waals surface area contributed by atoms with E-state index in [0.717, 1.165) is 25.7 Å².